The standard InChI is InChI=1S/C21H25NO2/c1-17-8-7-11-19(16-17)24-15-14-22-20(23)21(12-5-6-13-21)18-9-3-2-4-10-18/h2-4,7-11,16H,5-6,12-15H2,1H3,(H,22,23). The van der Waals surface area contributed by atoms with Crippen LogP contribution in [0.25, 0.3) is 0 Å². The van der Waals surface area contributed by atoms with Gasteiger partial charge in [-0.2, -0.15) is 0 Å². The molecule has 1 saturated carbocycles. The van der Waals surface area contributed by atoms with Crippen LogP contribution in [0.1, 0.15) is 36.8 Å². The van der Waals surface area contributed by atoms with Crippen LogP contribution in [0, 0.1) is 6.92 Å². The zero-order valence-electron chi connectivity index (χ0n) is 14.3. The predicted octanol–water partition coefficient (Wildman–Crippen LogP) is 4.00. The lowest BCUT2D eigenvalue weighted by molar-refractivity contribution is -0.126. The molecule has 0 unspecified atom stereocenters. The fourth-order valence-corrected chi connectivity index (χ4v) is 3.59. The first-order valence-electron chi connectivity index (χ1n) is 8.74. The van der Waals surface area contributed by atoms with E-state index in [9.17, 15) is 4.79 Å². The van der Waals surface area contributed by atoms with Crippen LogP contribution < -0.4 is 10.1 Å². The number of hydrogen-bond acceptors (Lipinski definition) is 2. The normalized spacial score (nSPS) is 15.9. The van der Waals surface area contributed by atoms with E-state index in [-0.39, 0.29) is 11.3 Å². The van der Waals surface area contributed by atoms with Crippen LogP contribution in [0.5, 0.6) is 5.75 Å². The molecule has 0 heterocycles. The molecule has 0 atom stereocenters. The minimum absolute atomic E-state index is 0.138. The van der Waals surface area contributed by atoms with Crippen molar-refractivity contribution in [2.75, 3.05) is 13.2 Å². The number of nitrogens with one attached hydrogen (secondary N) is 1. The van der Waals surface area contributed by atoms with Gasteiger partial charge >= 0.3 is 0 Å². The summed E-state index contributed by atoms with van der Waals surface area (Å²) < 4.78 is 5.72. The third-order valence-corrected chi connectivity index (χ3v) is 4.86. The molecule has 1 N–H and O–H groups in total. The predicted molar refractivity (Wildman–Crippen MR) is 96.3 cm³/mol. The lowest BCUT2D eigenvalue weighted by atomic mass is 9.78. The molecule has 2 aromatic carbocycles. The Labute approximate surface area is 144 Å². The van der Waals surface area contributed by atoms with Crippen LogP contribution in [0.2, 0.25) is 0 Å². The fourth-order valence-electron chi connectivity index (χ4n) is 3.59. The summed E-state index contributed by atoms with van der Waals surface area (Å²) in [6, 6.07) is 18.2. The fraction of sp³-hybridized carbons (Fsp3) is 0.381. The van der Waals surface area contributed by atoms with Gasteiger partial charge in [-0.05, 0) is 43.0 Å². The van der Waals surface area contributed by atoms with Crippen molar-refractivity contribution in [3.63, 3.8) is 0 Å². The van der Waals surface area contributed by atoms with Gasteiger partial charge in [-0.3, -0.25) is 4.79 Å². The molecular weight excluding hydrogens is 298 g/mol. The summed E-state index contributed by atoms with van der Waals surface area (Å²) in [7, 11) is 0. The van der Waals surface area contributed by atoms with Crippen LogP contribution >= 0.6 is 0 Å². The maximum Gasteiger partial charge on any atom is 0.230 e. The van der Waals surface area contributed by atoms with E-state index in [4.69, 9.17) is 4.74 Å². The first-order chi connectivity index (χ1) is 11.7. The third kappa shape index (κ3) is 3.61. The van der Waals surface area contributed by atoms with Gasteiger partial charge in [0.25, 0.3) is 0 Å². The highest BCUT2D eigenvalue weighted by atomic mass is 16.5. The number of carbonyl (C=O) groups is 1. The second-order valence-corrected chi connectivity index (χ2v) is 6.58. The summed E-state index contributed by atoms with van der Waals surface area (Å²) in [6.07, 6.45) is 4.09. The highest BCUT2D eigenvalue weighted by molar-refractivity contribution is 5.88. The molecule has 0 saturated heterocycles. The number of benzene rings is 2. The number of rotatable bonds is 6. The van der Waals surface area contributed by atoms with E-state index < -0.39 is 0 Å². The van der Waals surface area contributed by atoms with Crippen LogP contribution in [-0.4, -0.2) is 19.1 Å². The molecule has 2 aromatic rings. The van der Waals surface area contributed by atoms with Gasteiger partial charge in [0.15, 0.2) is 0 Å². The van der Waals surface area contributed by atoms with E-state index >= 15 is 0 Å². The van der Waals surface area contributed by atoms with E-state index in [1.807, 2.05) is 49.4 Å². The van der Waals surface area contributed by atoms with Gasteiger partial charge in [0.05, 0.1) is 12.0 Å². The maximum absolute atomic E-state index is 12.9. The molecule has 0 bridgehead atoms. The third-order valence-electron chi connectivity index (χ3n) is 4.86. The number of hydrogen-bond donors (Lipinski definition) is 1. The largest absolute Gasteiger partial charge is 0.492 e. The average molecular weight is 323 g/mol. The summed E-state index contributed by atoms with van der Waals surface area (Å²) in [6.45, 7) is 3.06. The minimum Gasteiger partial charge on any atom is -0.492 e. The summed E-state index contributed by atoms with van der Waals surface area (Å²) in [5.41, 5.74) is 1.95. The lowest BCUT2D eigenvalue weighted by Gasteiger charge is -2.28. The Balaban J connectivity index is 1.57. The average Bonchev–Trinajstić information content (AvgIpc) is 3.10. The Bertz CT molecular complexity index is 675. The lowest BCUT2D eigenvalue weighted by Crippen LogP contribution is -2.43. The molecule has 1 amide bonds. The van der Waals surface area contributed by atoms with Gasteiger partial charge in [-0.15, -0.1) is 0 Å². The van der Waals surface area contributed by atoms with Crippen LogP contribution in [0.15, 0.2) is 54.6 Å². The van der Waals surface area contributed by atoms with E-state index in [0.29, 0.717) is 13.2 Å². The highest BCUT2D eigenvalue weighted by Gasteiger charge is 2.42. The molecule has 24 heavy (non-hydrogen) atoms. The first-order valence-corrected chi connectivity index (χ1v) is 8.74. The van der Waals surface area contributed by atoms with Gasteiger partial charge in [-0.25, -0.2) is 0 Å². The summed E-state index contributed by atoms with van der Waals surface area (Å²) >= 11 is 0. The Morgan fingerprint density at radius 3 is 2.54 bits per heavy atom. The summed E-state index contributed by atoms with van der Waals surface area (Å²) in [5.74, 6) is 0.988. The van der Waals surface area contributed by atoms with E-state index in [1.54, 1.807) is 0 Å². The molecule has 0 aromatic heterocycles. The monoisotopic (exact) mass is 323 g/mol. The molecule has 0 aliphatic heterocycles. The molecule has 1 aliphatic carbocycles. The molecular formula is C21H25NO2. The van der Waals surface area contributed by atoms with Crippen molar-refractivity contribution in [3.8, 4) is 5.75 Å². The first kappa shape index (κ1) is 16.6. The van der Waals surface area contributed by atoms with Crippen molar-refractivity contribution >= 4 is 5.91 Å². The molecule has 126 valence electrons. The maximum atomic E-state index is 12.9. The van der Waals surface area contributed by atoms with Crippen molar-refractivity contribution in [3.05, 3.63) is 65.7 Å². The molecule has 1 aliphatic rings. The number of ether oxygens (including phenoxy) is 1. The number of amides is 1. The molecule has 3 rings (SSSR count). The van der Waals surface area contributed by atoms with E-state index in [2.05, 4.69) is 17.4 Å². The zero-order valence-corrected chi connectivity index (χ0v) is 14.3. The quantitative estimate of drug-likeness (QED) is 0.816. The minimum atomic E-state index is -0.357. The number of aryl methyl sites for hydroxylation is 1. The Morgan fingerprint density at radius 1 is 1.08 bits per heavy atom. The van der Waals surface area contributed by atoms with Gasteiger partial charge in [0.1, 0.15) is 12.4 Å². The van der Waals surface area contributed by atoms with Crippen molar-refractivity contribution < 1.29 is 9.53 Å². The second-order valence-electron chi connectivity index (χ2n) is 6.58. The van der Waals surface area contributed by atoms with Gasteiger partial charge in [0, 0.05) is 0 Å². The molecule has 0 radical (unpaired) electrons. The molecule has 0 spiro atoms. The highest BCUT2D eigenvalue weighted by Crippen LogP contribution is 2.41. The van der Waals surface area contributed by atoms with Crippen molar-refractivity contribution in [1.82, 2.24) is 5.32 Å². The van der Waals surface area contributed by atoms with Gasteiger partial charge in [-0.1, -0.05) is 55.3 Å². The van der Waals surface area contributed by atoms with Gasteiger partial charge in [0.2, 0.25) is 5.91 Å². The Morgan fingerprint density at radius 2 is 1.83 bits per heavy atom. The Kier molecular flexibility index (Phi) is 5.19. The van der Waals surface area contributed by atoms with Crippen molar-refractivity contribution in [2.45, 2.75) is 38.0 Å². The topological polar surface area (TPSA) is 38.3 Å². The molecule has 3 heteroatoms. The van der Waals surface area contributed by atoms with Crippen molar-refractivity contribution in [1.29, 1.82) is 0 Å². The molecule has 3 nitrogen and oxygen atoms in total. The Hall–Kier alpha value is -2.29. The van der Waals surface area contributed by atoms with Crippen LogP contribution in [0.4, 0.5) is 0 Å². The summed E-state index contributed by atoms with van der Waals surface area (Å²) in [5, 5.41) is 3.08. The number of carbonyl (C=O) groups excluding carboxylic acids is 1. The summed E-state index contributed by atoms with van der Waals surface area (Å²) in [4.78, 5) is 12.9. The second kappa shape index (κ2) is 7.52. The van der Waals surface area contributed by atoms with Crippen molar-refractivity contribution in [2.24, 2.45) is 0 Å². The van der Waals surface area contributed by atoms with E-state index in [1.165, 1.54) is 5.56 Å². The van der Waals surface area contributed by atoms with E-state index in [0.717, 1.165) is 37.0 Å². The SMILES string of the molecule is Cc1cccc(OCCNC(=O)C2(c3ccccc3)CCCC2)c1. The van der Waals surface area contributed by atoms with Gasteiger partial charge < -0.3 is 10.1 Å². The van der Waals surface area contributed by atoms with Crippen LogP contribution in [0.3, 0.4) is 0 Å². The smallest absolute Gasteiger partial charge is 0.230 e. The van der Waals surface area contributed by atoms with Crippen LogP contribution in [-0.2, 0) is 10.2 Å². The zero-order chi connectivity index (χ0) is 16.8. The molecule has 1 fully saturated rings.